The van der Waals surface area contributed by atoms with Crippen LogP contribution in [0.5, 0.6) is 0 Å². The Morgan fingerprint density at radius 1 is 1.85 bits per heavy atom. The van der Waals surface area contributed by atoms with Crippen LogP contribution >= 0.6 is 0 Å². The zero-order chi connectivity index (χ0) is 9.42. The maximum Gasteiger partial charge on any atom is 0.356 e. The molecule has 2 heterocycles. The molecular formula is C8H11N3O2. The fourth-order valence-electron chi connectivity index (χ4n) is 1.48. The summed E-state index contributed by atoms with van der Waals surface area (Å²) in [5.74, 6) is -0.442. The maximum absolute atomic E-state index is 10.6. The predicted molar refractivity (Wildman–Crippen MR) is 46.3 cm³/mol. The molecule has 1 atom stereocenters. The van der Waals surface area contributed by atoms with E-state index in [0.29, 0.717) is 5.92 Å². The van der Waals surface area contributed by atoms with Gasteiger partial charge in [-0.25, -0.2) is 4.79 Å². The Morgan fingerprint density at radius 2 is 2.62 bits per heavy atom. The first-order chi connectivity index (χ1) is 6.16. The summed E-state index contributed by atoms with van der Waals surface area (Å²) in [5.41, 5.74) is 4.08. The third kappa shape index (κ3) is 1.37. The predicted octanol–water partition coefficient (Wildman–Crippen LogP) is 0.317. The van der Waals surface area contributed by atoms with Gasteiger partial charge in [0.1, 0.15) is 0 Å². The van der Waals surface area contributed by atoms with E-state index in [4.69, 9.17) is 5.11 Å². The molecule has 70 valence electrons. The molecule has 0 fully saturated rings. The summed E-state index contributed by atoms with van der Waals surface area (Å²) in [6, 6.07) is 1.62. The summed E-state index contributed by atoms with van der Waals surface area (Å²) in [6.07, 6.45) is 0.882. The molecule has 1 aromatic rings. The van der Waals surface area contributed by atoms with Crippen molar-refractivity contribution < 1.29 is 9.90 Å². The summed E-state index contributed by atoms with van der Waals surface area (Å²) in [7, 11) is 0. The van der Waals surface area contributed by atoms with E-state index in [1.807, 2.05) is 0 Å². The van der Waals surface area contributed by atoms with Gasteiger partial charge in [-0.2, -0.15) is 4.79 Å². The smallest absolute Gasteiger partial charge is 0.356 e. The van der Waals surface area contributed by atoms with Gasteiger partial charge in [0, 0.05) is 6.54 Å². The number of carbonyl (C=O) groups is 1. The van der Waals surface area contributed by atoms with Crippen molar-refractivity contribution in [2.45, 2.75) is 13.3 Å². The van der Waals surface area contributed by atoms with E-state index >= 15 is 0 Å². The summed E-state index contributed by atoms with van der Waals surface area (Å²) in [4.78, 5) is 12.2. The van der Waals surface area contributed by atoms with Crippen molar-refractivity contribution in [3.8, 4) is 0 Å². The van der Waals surface area contributed by atoms with Gasteiger partial charge in [-0.05, 0) is 18.4 Å². The van der Waals surface area contributed by atoms with Crippen LogP contribution in [0.4, 0.5) is 0 Å². The molecule has 5 nitrogen and oxygen atoms in total. The molecular weight excluding hydrogens is 170 g/mol. The minimum absolute atomic E-state index is 0.108. The summed E-state index contributed by atoms with van der Waals surface area (Å²) >= 11 is 0. The molecule has 2 rings (SSSR count). The van der Waals surface area contributed by atoms with Crippen molar-refractivity contribution in [2.75, 3.05) is 12.0 Å². The Bertz CT molecular complexity index is 345. The van der Waals surface area contributed by atoms with Crippen molar-refractivity contribution in [3.63, 3.8) is 0 Å². The van der Waals surface area contributed by atoms with Crippen LogP contribution in [0.15, 0.2) is 6.07 Å². The van der Waals surface area contributed by atoms with Gasteiger partial charge < -0.3 is 10.5 Å². The van der Waals surface area contributed by atoms with Crippen molar-refractivity contribution in [2.24, 2.45) is 5.92 Å². The maximum atomic E-state index is 10.6. The van der Waals surface area contributed by atoms with E-state index in [1.165, 1.54) is 0 Å². The highest BCUT2D eigenvalue weighted by atomic mass is 16.4. The lowest BCUT2D eigenvalue weighted by Crippen LogP contribution is -2.30. The van der Waals surface area contributed by atoms with Crippen molar-refractivity contribution in [3.05, 3.63) is 17.5 Å². The van der Waals surface area contributed by atoms with E-state index in [9.17, 15) is 4.79 Å². The number of hydrogen-bond donors (Lipinski definition) is 2. The molecule has 1 aliphatic heterocycles. The number of rotatable bonds is 1. The molecule has 1 aromatic heterocycles. The SMILES string of the molecule is C[C@H]1CNn2nc(C(=O)O)cc2C1. The number of aromatic nitrogens is 2. The molecule has 5 heteroatoms. The molecule has 0 saturated carbocycles. The van der Waals surface area contributed by atoms with Gasteiger partial charge >= 0.3 is 5.97 Å². The summed E-state index contributed by atoms with van der Waals surface area (Å²) in [6.45, 7) is 2.96. The van der Waals surface area contributed by atoms with Crippen LogP contribution in [-0.4, -0.2) is 27.5 Å². The molecule has 2 N–H and O–H groups in total. The van der Waals surface area contributed by atoms with Gasteiger partial charge in [-0.1, -0.05) is 6.92 Å². The highest BCUT2D eigenvalue weighted by molar-refractivity contribution is 5.85. The van der Waals surface area contributed by atoms with Gasteiger partial charge in [-0.3, -0.25) is 0 Å². The standard InChI is InChI=1S/C8H11N3O2/c1-5-2-6-3-7(8(12)13)10-11(6)9-4-5/h3,5,9H,2,4H2,1H3,(H,12,13)/t5-/m1/s1. The molecule has 1 aliphatic rings. The second-order valence-corrected chi connectivity index (χ2v) is 3.41. The van der Waals surface area contributed by atoms with E-state index in [-0.39, 0.29) is 5.69 Å². The average molecular weight is 181 g/mol. The second-order valence-electron chi connectivity index (χ2n) is 3.41. The van der Waals surface area contributed by atoms with Crippen LogP contribution in [-0.2, 0) is 6.42 Å². The van der Waals surface area contributed by atoms with Crippen molar-refractivity contribution in [1.29, 1.82) is 0 Å². The fourth-order valence-corrected chi connectivity index (χ4v) is 1.48. The van der Waals surface area contributed by atoms with Gasteiger partial charge in [0.15, 0.2) is 5.69 Å². The highest BCUT2D eigenvalue weighted by Gasteiger charge is 2.19. The monoisotopic (exact) mass is 181 g/mol. The lowest BCUT2D eigenvalue weighted by molar-refractivity contribution is 0.0689. The molecule has 0 saturated heterocycles. The number of nitrogens with one attached hydrogen (secondary N) is 1. The van der Waals surface area contributed by atoms with Crippen molar-refractivity contribution >= 4 is 5.97 Å². The van der Waals surface area contributed by atoms with Crippen LogP contribution in [0.25, 0.3) is 0 Å². The molecule has 0 bridgehead atoms. The van der Waals surface area contributed by atoms with Crippen LogP contribution in [0.2, 0.25) is 0 Å². The number of carboxylic acid groups (broad SMARTS) is 1. The Balaban J connectivity index is 2.33. The van der Waals surface area contributed by atoms with Gasteiger partial charge in [-0.15, -0.1) is 5.10 Å². The second kappa shape index (κ2) is 2.76. The summed E-state index contributed by atoms with van der Waals surface area (Å²) < 4.78 is 0. The van der Waals surface area contributed by atoms with Gasteiger partial charge in [0.25, 0.3) is 0 Å². The lowest BCUT2D eigenvalue weighted by atomic mass is 10.0. The Kier molecular flexibility index (Phi) is 1.72. The molecule has 0 aromatic carbocycles. The third-order valence-electron chi connectivity index (χ3n) is 2.15. The molecule has 0 unspecified atom stereocenters. The largest absolute Gasteiger partial charge is 0.476 e. The Hall–Kier alpha value is -1.52. The Labute approximate surface area is 75.3 Å². The molecule has 0 spiro atoms. The van der Waals surface area contributed by atoms with E-state index in [0.717, 1.165) is 18.7 Å². The minimum atomic E-state index is -0.976. The topological polar surface area (TPSA) is 67.2 Å². The van der Waals surface area contributed by atoms with E-state index in [2.05, 4.69) is 17.4 Å². The first-order valence-corrected chi connectivity index (χ1v) is 4.23. The summed E-state index contributed by atoms with van der Waals surface area (Å²) in [5, 5.41) is 12.6. The average Bonchev–Trinajstić information content (AvgIpc) is 2.46. The third-order valence-corrected chi connectivity index (χ3v) is 2.15. The van der Waals surface area contributed by atoms with Crippen LogP contribution in [0.1, 0.15) is 23.1 Å². The van der Waals surface area contributed by atoms with E-state index < -0.39 is 5.97 Å². The van der Waals surface area contributed by atoms with E-state index in [1.54, 1.807) is 10.9 Å². The number of carboxylic acids is 1. The molecule has 13 heavy (non-hydrogen) atoms. The van der Waals surface area contributed by atoms with Gasteiger partial charge in [0.05, 0.1) is 5.69 Å². The fraction of sp³-hybridized carbons (Fsp3) is 0.500. The zero-order valence-electron chi connectivity index (χ0n) is 7.32. The Morgan fingerprint density at radius 3 is 3.31 bits per heavy atom. The number of aromatic carboxylic acids is 1. The number of fused-ring (bicyclic) bond motifs is 1. The first-order valence-electron chi connectivity index (χ1n) is 4.23. The van der Waals surface area contributed by atoms with Gasteiger partial charge in [0.2, 0.25) is 0 Å². The normalized spacial score (nSPS) is 20.5. The highest BCUT2D eigenvalue weighted by Crippen LogP contribution is 2.13. The quantitative estimate of drug-likeness (QED) is 0.654. The minimum Gasteiger partial charge on any atom is -0.476 e. The van der Waals surface area contributed by atoms with Crippen molar-refractivity contribution in [1.82, 2.24) is 9.89 Å². The molecule has 0 amide bonds. The molecule has 0 aliphatic carbocycles. The number of nitrogens with zero attached hydrogens (tertiary/aromatic N) is 2. The van der Waals surface area contributed by atoms with Crippen LogP contribution < -0.4 is 5.43 Å². The zero-order valence-corrected chi connectivity index (χ0v) is 7.32. The van der Waals surface area contributed by atoms with Crippen LogP contribution in [0.3, 0.4) is 0 Å². The molecule has 0 radical (unpaired) electrons. The number of hydrogen-bond acceptors (Lipinski definition) is 3. The first kappa shape index (κ1) is 8.10. The lowest BCUT2D eigenvalue weighted by Gasteiger charge is -2.20. The van der Waals surface area contributed by atoms with Crippen LogP contribution in [0, 0.1) is 5.92 Å².